The molecular formula is C9H11F2NO. The Morgan fingerprint density at radius 2 is 2.00 bits per heavy atom. The van der Waals surface area contributed by atoms with Crippen molar-refractivity contribution in [3.63, 3.8) is 0 Å². The predicted octanol–water partition coefficient (Wildman–Crippen LogP) is 2.35. The maximum Gasteiger partial charge on any atom is 0.263 e. The summed E-state index contributed by atoms with van der Waals surface area (Å²) in [6.45, 7) is 1.68. The largest absolute Gasteiger partial charge is 0.508 e. The summed E-state index contributed by atoms with van der Waals surface area (Å²) in [5.41, 5.74) is 5.78. The fourth-order valence-corrected chi connectivity index (χ4v) is 1.08. The van der Waals surface area contributed by atoms with Gasteiger partial charge in [-0.2, -0.15) is 0 Å². The molecular weight excluding hydrogens is 176 g/mol. The lowest BCUT2D eigenvalue weighted by Gasteiger charge is -2.09. The average Bonchev–Trinajstić information content (AvgIpc) is 2.03. The quantitative estimate of drug-likeness (QED) is 0.746. The smallest absolute Gasteiger partial charge is 0.263 e. The van der Waals surface area contributed by atoms with Crippen LogP contribution in [0.2, 0.25) is 0 Å². The zero-order valence-electron chi connectivity index (χ0n) is 7.17. The van der Waals surface area contributed by atoms with Crippen LogP contribution in [-0.2, 0) is 0 Å². The molecule has 0 saturated heterocycles. The van der Waals surface area contributed by atoms with E-state index in [9.17, 15) is 13.9 Å². The highest BCUT2D eigenvalue weighted by atomic mass is 19.3. The second-order valence-corrected chi connectivity index (χ2v) is 2.91. The van der Waals surface area contributed by atoms with Crippen molar-refractivity contribution in [2.45, 2.75) is 19.4 Å². The summed E-state index contributed by atoms with van der Waals surface area (Å²) < 4.78 is 24.3. The minimum absolute atomic E-state index is 0.173. The van der Waals surface area contributed by atoms with Crippen LogP contribution in [-0.4, -0.2) is 5.11 Å². The number of nitrogens with two attached hydrogens (primary N) is 1. The maximum atomic E-state index is 12.1. The van der Waals surface area contributed by atoms with Gasteiger partial charge in [-0.25, -0.2) is 8.78 Å². The van der Waals surface area contributed by atoms with E-state index in [1.54, 1.807) is 6.92 Å². The van der Waals surface area contributed by atoms with Crippen molar-refractivity contribution < 1.29 is 13.9 Å². The predicted molar refractivity (Wildman–Crippen MR) is 45.7 cm³/mol. The highest BCUT2D eigenvalue weighted by Crippen LogP contribution is 2.28. The van der Waals surface area contributed by atoms with Crippen molar-refractivity contribution in [1.29, 1.82) is 0 Å². The zero-order chi connectivity index (χ0) is 10.0. The Labute approximate surface area is 75.0 Å². The molecule has 0 radical (unpaired) electrons. The second-order valence-electron chi connectivity index (χ2n) is 2.91. The number of hydrogen-bond donors (Lipinski definition) is 2. The highest BCUT2D eigenvalue weighted by Gasteiger charge is 2.11. The van der Waals surface area contributed by atoms with Crippen LogP contribution in [0.1, 0.15) is 30.5 Å². The molecule has 72 valence electrons. The molecule has 0 bridgehead atoms. The number of benzene rings is 1. The summed E-state index contributed by atoms with van der Waals surface area (Å²) in [5, 5.41) is 9.30. The van der Waals surface area contributed by atoms with E-state index >= 15 is 0 Å². The van der Waals surface area contributed by atoms with Gasteiger partial charge in [0.15, 0.2) is 0 Å². The molecule has 3 N–H and O–H groups in total. The molecule has 0 heterocycles. The minimum atomic E-state index is -2.56. The molecule has 0 fully saturated rings. The average molecular weight is 187 g/mol. The van der Waals surface area contributed by atoms with Crippen molar-refractivity contribution >= 4 is 0 Å². The van der Waals surface area contributed by atoms with Gasteiger partial charge < -0.3 is 10.8 Å². The molecule has 1 aromatic carbocycles. The van der Waals surface area contributed by atoms with Crippen LogP contribution in [0.25, 0.3) is 0 Å². The highest BCUT2D eigenvalue weighted by molar-refractivity contribution is 5.38. The Bertz CT molecular complexity index is 300. The number of phenolic OH excluding ortho intramolecular Hbond substituents is 1. The van der Waals surface area contributed by atoms with E-state index in [0.717, 1.165) is 6.07 Å². The molecule has 0 amide bonds. The number of alkyl halides is 2. The van der Waals surface area contributed by atoms with E-state index in [1.807, 2.05) is 0 Å². The Morgan fingerprint density at radius 1 is 1.38 bits per heavy atom. The Kier molecular flexibility index (Phi) is 2.83. The van der Waals surface area contributed by atoms with E-state index in [-0.39, 0.29) is 17.4 Å². The first-order chi connectivity index (χ1) is 6.02. The summed E-state index contributed by atoms with van der Waals surface area (Å²) >= 11 is 0. The molecule has 1 aromatic rings. The third-order valence-electron chi connectivity index (χ3n) is 1.80. The molecule has 1 rings (SSSR count). The Morgan fingerprint density at radius 3 is 2.38 bits per heavy atom. The number of hydrogen-bond acceptors (Lipinski definition) is 2. The van der Waals surface area contributed by atoms with Crippen molar-refractivity contribution in [3.8, 4) is 5.75 Å². The standard InChI is InChI=1S/C9H11F2NO/c1-5(12)7-3-2-6(9(10)11)4-8(7)13/h2-5,9,13H,12H2,1H3. The molecule has 1 unspecified atom stereocenters. The van der Waals surface area contributed by atoms with E-state index in [2.05, 4.69) is 0 Å². The third kappa shape index (κ3) is 2.15. The summed E-state index contributed by atoms with van der Waals surface area (Å²) in [6.07, 6.45) is -2.56. The second kappa shape index (κ2) is 3.70. The fraction of sp³-hybridized carbons (Fsp3) is 0.333. The lowest BCUT2D eigenvalue weighted by atomic mass is 10.1. The van der Waals surface area contributed by atoms with Crippen LogP contribution in [0.15, 0.2) is 18.2 Å². The molecule has 0 spiro atoms. The molecule has 0 aliphatic rings. The fourth-order valence-electron chi connectivity index (χ4n) is 1.08. The summed E-state index contributed by atoms with van der Waals surface area (Å²) in [6, 6.07) is 3.38. The monoisotopic (exact) mass is 187 g/mol. The van der Waals surface area contributed by atoms with Gasteiger partial charge in [-0.05, 0) is 13.0 Å². The zero-order valence-corrected chi connectivity index (χ0v) is 7.17. The van der Waals surface area contributed by atoms with Gasteiger partial charge in [-0.1, -0.05) is 12.1 Å². The van der Waals surface area contributed by atoms with E-state index in [4.69, 9.17) is 5.73 Å². The van der Waals surface area contributed by atoms with Crippen LogP contribution in [0.3, 0.4) is 0 Å². The summed E-state index contributed by atoms with van der Waals surface area (Å²) in [5.74, 6) is -0.173. The van der Waals surface area contributed by atoms with Crippen LogP contribution < -0.4 is 5.73 Å². The Balaban J connectivity index is 3.06. The van der Waals surface area contributed by atoms with E-state index in [0.29, 0.717) is 5.56 Å². The summed E-state index contributed by atoms with van der Waals surface area (Å²) in [7, 11) is 0. The van der Waals surface area contributed by atoms with Crippen LogP contribution in [0.4, 0.5) is 8.78 Å². The first-order valence-electron chi connectivity index (χ1n) is 3.89. The van der Waals surface area contributed by atoms with Gasteiger partial charge in [0.25, 0.3) is 6.43 Å². The maximum absolute atomic E-state index is 12.1. The van der Waals surface area contributed by atoms with Crippen LogP contribution in [0.5, 0.6) is 5.75 Å². The lowest BCUT2D eigenvalue weighted by Crippen LogP contribution is -2.05. The van der Waals surface area contributed by atoms with Gasteiger partial charge in [0, 0.05) is 17.2 Å². The topological polar surface area (TPSA) is 46.2 Å². The van der Waals surface area contributed by atoms with Gasteiger partial charge in [0.05, 0.1) is 0 Å². The first-order valence-corrected chi connectivity index (χ1v) is 3.89. The number of phenols is 1. The molecule has 1 atom stereocenters. The summed E-state index contributed by atoms with van der Waals surface area (Å²) in [4.78, 5) is 0. The van der Waals surface area contributed by atoms with Gasteiger partial charge >= 0.3 is 0 Å². The van der Waals surface area contributed by atoms with E-state index in [1.165, 1.54) is 12.1 Å². The van der Waals surface area contributed by atoms with E-state index < -0.39 is 6.43 Å². The van der Waals surface area contributed by atoms with Gasteiger partial charge in [0.1, 0.15) is 5.75 Å². The van der Waals surface area contributed by atoms with Crippen molar-refractivity contribution in [2.24, 2.45) is 5.73 Å². The lowest BCUT2D eigenvalue weighted by molar-refractivity contribution is 0.151. The normalized spacial score (nSPS) is 13.3. The van der Waals surface area contributed by atoms with Crippen molar-refractivity contribution in [2.75, 3.05) is 0 Å². The van der Waals surface area contributed by atoms with Crippen molar-refractivity contribution in [1.82, 2.24) is 0 Å². The minimum Gasteiger partial charge on any atom is -0.508 e. The molecule has 13 heavy (non-hydrogen) atoms. The van der Waals surface area contributed by atoms with Gasteiger partial charge in [0.2, 0.25) is 0 Å². The number of halogens is 2. The SMILES string of the molecule is CC(N)c1ccc(C(F)F)cc1O. The first kappa shape index (κ1) is 9.92. The number of rotatable bonds is 2. The van der Waals surface area contributed by atoms with Crippen molar-refractivity contribution in [3.05, 3.63) is 29.3 Å². The molecule has 4 heteroatoms. The molecule has 0 aromatic heterocycles. The third-order valence-corrected chi connectivity index (χ3v) is 1.80. The van der Waals surface area contributed by atoms with Gasteiger partial charge in [-0.15, -0.1) is 0 Å². The van der Waals surface area contributed by atoms with Crippen LogP contribution >= 0.6 is 0 Å². The Hall–Kier alpha value is -1.16. The van der Waals surface area contributed by atoms with Gasteiger partial charge in [-0.3, -0.25) is 0 Å². The molecule has 0 aliphatic carbocycles. The molecule has 0 aliphatic heterocycles. The molecule has 2 nitrogen and oxygen atoms in total. The number of aromatic hydroxyl groups is 1. The van der Waals surface area contributed by atoms with Crippen LogP contribution in [0, 0.1) is 0 Å². The molecule has 0 saturated carbocycles.